The van der Waals surface area contributed by atoms with Gasteiger partial charge in [0.15, 0.2) is 23.2 Å². The van der Waals surface area contributed by atoms with Gasteiger partial charge in [-0.25, -0.2) is 13.2 Å². The van der Waals surface area contributed by atoms with Crippen molar-refractivity contribution in [2.75, 3.05) is 12.4 Å². The zero-order chi connectivity index (χ0) is 17.1. The summed E-state index contributed by atoms with van der Waals surface area (Å²) in [5, 5.41) is 6.57. The molecule has 0 atom stereocenters. The summed E-state index contributed by atoms with van der Waals surface area (Å²) < 4.78 is 49.9. The number of halogens is 3. The van der Waals surface area contributed by atoms with Gasteiger partial charge in [-0.1, -0.05) is 5.16 Å². The number of methoxy groups -OCH3 is 1. The maximum absolute atomic E-state index is 13.6. The van der Waals surface area contributed by atoms with Gasteiger partial charge in [-0.2, -0.15) is 0 Å². The van der Waals surface area contributed by atoms with Gasteiger partial charge < -0.3 is 14.6 Å². The predicted octanol–water partition coefficient (Wildman–Crippen LogP) is 4.38. The minimum Gasteiger partial charge on any atom is -0.497 e. The van der Waals surface area contributed by atoms with E-state index in [4.69, 9.17) is 9.26 Å². The van der Waals surface area contributed by atoms with Crippen LogP contribution in [0.4, 0.5) is 18.9 Å². The van der Waals surface area contributed by atoms with E-state index in [9.17, 15) is 13.2 Å². The van der Waals surface area contributed by atoms with Gasteiger partial charge in [-0.15, -0.1) is 0 Å². The lowest BCUT2D eigenvalue weighted by Gasteiger charge is -2.06. The molecule has 0 spiro atoms. The quantitative estimate of drug-likeness (QED) is 0.704. The normalized spacial score (nSPS) is 10.7. The molecule has 0 amide bonds. The molecule has 2 aromatic carbocycles. The van der Waals surface area contributed by atoms with Crippen LogP contribution in [0.2, 0.25) is 0 Å². The fourth-order valence-electron chi connectivity index (χ4n) is 2.14. The third kappa shape index (κ3) is 3.19. The van der Waals surface area contributed by atoms with Crippen molar-refractivity contribution in [2.24, 2.45) is 0 Å². The SMILES string of the molecule is COc1ccc(-c2cc(CNc3ccc(F)c(F)c3F)on2)cc1. The lowest BCUT2D eigenvalue weighted by Crippen LogP contribution is -2.03. The molecule has 0 saturated heterocycles. The molecule has 0 saturated carbocycles. The van der Waals surface area contributed by atoms with Crippen LogP contribution in [0.25, 0.3) is 11.3 Å². The van der Waals surface area contributed by atoms with Gasteiger partial charge in [0.05, 0.1) is 19.3 Å². The van der Waals surface area contributed by atoms with Gasteiger partial charge in [-0.3, -0.25) is 0 Å². The van der Waals surface area contributed by atoms with Gasteiger partial charge in [0.2, 0.25) is 0 Å². The van der Waals surface area contributed by atoms with E-state index >= 15 is 0 Å². The Morgan fingerprint density at radius 3 is 2.50 bits per heavy atom. The summed E-state index contributed by atoms with van der Waals surface area (Å²) in [6.45, 7) is 0.0746. The molecule has 0 aliphatic rings. The third-order valence-corrected chi connectivity index (χ3v) is 3.43. The second kappa shape index (κ2) is 6.66. The highest BCUT2D eigenvalue weighted by atomic mass is 19.2. The summed E-state index contributed by atoms with van der Waals surface area (Å²) in [5.41, 5.74) is 1.27. The Kier molecular flexibility index (Phi) is 4.41. The van der Waals surface area contributed by atoms with Crippen LogP contribution >= 0.6 is 0 Å². The first-order chi connectivity index (χ1) is 11.6. The summed E-state index contributed by atoms with van der Waals surface area (Å²) in [5.74, 6) is -2.89. The van der Waals surface area contributed by atoms with Gasteiger partial charge in [0, 0.05) is 11.6 Å². The molecule has 24 heavy (non-hydrogen) atoms. The summed E-state index contributed by atoms with van der Waals surface area (Å²) in [6, 6.07) is 10.9. The first-order valence-electron chi connectivity index (χ1n) is 7.06. The molecule has 0 aliphatic carbocycles. The summed E-state index contributed by atoms with van der Waals surface area (Å²) >= 11 is 0. The molecule has 7 heteroatoms. The molecular formula is C17H13F3N2O2. The lowest BCUT2D eigenvalue weighted by molar-refractivity contribution is 0.389. The molecule has 3 aromatic rings. The maximum atomic E-state index is 13.6. The monoisotopic (exact) mass is 334 g/mol. The second-order valence-electron chi connectivity index (χ2n) is 4.98. The zero-order valence-electron chi connectivity index (χ0n) is 12.6. The van der Waals surface area contributed by atoms with Crippen molar-refractivity contribution in [3.63, 3.8) is 0 Å². The smallest absolute Gasteiger partial charge is 0.196 e. The molecule has 1 N–H and O–H groups in total. The number of benzene rings is 2. The molecule has 3 rings (SSSR count). The number of ether oxygens (including phenoxy) is 1. The molecule has 4 nitrogen and oxygen atoms in total. The first kappa shape index (κ1) is 15.9. The Morgan fingerprint density at radius 1 is 1.04 bits per heavy atom. The second-order valence-corrected chi connectivity index (χ2v) is 4.98. The number of rotatable bonds is 5. The van der Waals surface area contributed by atoms with E-state index in [-0.39, 0.29) is 12.2 Å². The minimum atomic E-state index is -1.52. The fraction of sp³-hybridized carbons (Fsp3) is 0.118. The van der Waals surface area contributed by atoms with Crippen molar-refractivity contribution in [3.05, 3.63) is 65.7 Å². The Bertz CT molecular complexity index is 848. The Labute approximate surface area is 135 Å². The molecule has 1 heterocycles. The van der Waals surface area contributed by atoms with E-state index < -0.39 is 17.5 Å². The van der Waals surface area contributed by atoms with Crippen LogP contribution in [-0.2, 0) is 6.54 Å². The van der Waals surface area contributed by atoms with Crippen molar-refractivity contribution >= 4 is 5.69 Å². The Hall–Kier alpha value is -2.96. The Morgan fingerprint density at radius 2 is 1.79 bits per heavy atom. The van der Waals surface area contributed by atoms with Gasteiger partial charge in [-0.05, 0) is 36.4 Å². The highest BCUT2D eigenvalue weighted by Crippen LogP contribution is 2.24. The van der Waals surface area contributed by atoms with Gasteiger partial charge in [0.25, 0.3) is 0 Å². The Balaban J connectivity index is 1.71. The van der Waals surface area contributed by atoms with Crippen molar-refractivity contribution in [3.8, 4) is 17.0 Å². The average Bonchev–Trinajstić information content (AvgIpc) is 3.08. The number of nitrogens with zero attached hydrogens (tertiary/aromatic N) is 1. The number of anilines is 1. The van der Waals surface area contributed by atoms with Crippen LogP contribution in [0.1, 0.15) is 5.76 Å². The van der Waals surface area contributed by atoms with Crippen molar-refractivity contribution in [2.45, 2.75) is 6.54 Å². The van der Waals surface area contributed by atoms with E-state index in [1.807, 2.05) is 12.1 Å². The van der Waals surface area contributed by atoms with Crippen molar-refractivity contribution in [1.82, 2.24) is 5.16 Å². The van der Waals surface area contributed by atoms with Crippen LogP contribution in [-0.4, -0.2) is 12.3 Å². The first-order valence-corrected chi connectivity index (χ1v) is 7.06. The average molecular weight is 334 g/mol. The molecular weight excluding hydrogens is 321 g/mol. The van der Waals surface area contributed by atoms with E-state index in [1.165, 1.54) is 0 Å². The van der Waals surface area contributed by atoms with Crippen LogP contribution < -0.4 is 10.1 Å². The molecule has 0 bridgehead atoms. The number of nitrogens with one attached hydrogen (secondary N) is 1. The predicted molar refractivity (Wildman–Crippen MR) is 82.1 cm³/mol. The van der Waals surface area contributed by atoms with E-state index in [0.29, 0.717) is 11.5 Å². The molecule has 124 valence electrons. The zero-order valence-corrected chi connectivity index (χ0v) is 12.6. The summed E-state index contributed by atoms with van der Waals surface area (Å²) in [6.07, 6.45) is 0. The third-order valence-electron chi connectivity index (χ3n) is 3.43. The topological polar surface area (TPSA) is 47.3 Å². The number of hydrogen-bond donors (Lipinski definition) is 1. The van der Waals surface area contributed by atoms with Crippen LogP contribution in [0.15, 0.2) is 47.0 Å². The molecule has 0 aliphatic heterocycles. The van der Waals surface area contributed by atoms with Crippen LogP contribution in [0.5, 0.6) is 5.75 Å². The van der Waals surface area contributed by atoms with E-state index in [1.54, 1.807) is 25.3 Å². The van der Waals surface area contributed by atoms with Gasteiger partial charge in [0.1, 0.15) is 11.4 Å². The number of hydrogen-bond acceptors (Lipinski definition) is 4. The van der Waals surface area contributed by atoms with Crippen LogP contribution in [0.3, 0.4) is 0 Å². The largest absolute Gasteiger partial charge is 0.497 e. The maximum Gasteiger partial charge on any atom is 0.196 e. The van der Waals surface area contributed by atoms with Crippen LogP contribution in [0, 0.1) is 17.5 Å². The highest BCUT2D eigenvalue weighted by molar-refractivity contribution is 5.60. The van der Waals surface area contributed by atoms with Gasteiger partial charge >= 0.3 is 0 Å². The van der Waals surface area contributed by atoms with Crippen molar-refractivity contribution in [1.29, 1.82) is 0 Å². The lowest BCUT2D eigenvalue weighted by atomic mass is 10.1. The molecule has 0 fully saturated rings. The highest BCUT2D eigenvalue weighted by Gasteiger charge is 2.14. The van der Waals surface area contributed by atoms with Crippen molar-refractivity contribution < 1.29 is 22.4 Å². The van der Waals surface area contributed by atoms with E-state index in [0.717, 1.165) is 23.4 Å². The molecule has 0 radical (unpaired) electrons. The van der Waals surface area contributed by atoms with E-state index in [2.05, 4.69) is 10.5 Å². The minimum absolute atomic E-state index is 0.0746. The molecule has 1 aromatic heterocycles. The standard InChI is InChI=1S/C17H13F3N2O2/c1-23-11-4-2-10(3-5-11)15-8-12(24-22-15)9-21-14-7-6-13(18)16(19)17(14)20/h2-8,21H,9H2,1H3. The number of aromatic nitrogens is 1. The summed E-state index contributed by atoms with van der Waals surface area (Å²) in [7, 11) is 1.58. The summed E-state index contributed by atoms with van der Waals surface area (Å²) in [4.78, 5) is 0. The molecule has 0 unspecified atom stereocenters. The fourth-order valence-corrected chi connectivity index (χ4v) is 2.14.